The van der Waals surface area contributed by atoms with Crippen LogP contribution in [0.2, 0.25) is 0 Å². The third kappa shape index (κ3) is 2.89. The highest BCUT2D eigenvalue weighted by atomic mass is 32.2. The summed E-state index contributed by atoms with van der Waals surface area (Å²) in [6, 6.07) is 5.27. The van der Waals surface area contributed by atoms with E-state index in [1.165, 1.54) is 28.6 Å². The zero-order chi connectivity index (χ0) is 15.7. The maximum atomic E-state index is 12.9. The molecule has 0 saturated carbocycles. The number of nitrogens with zero attached hydrogens (tertiary/aromatic N) is 4. The summed E-state index contributed by atoms with van der Waals surface area (Å²) in [5.74, 6) is 0.140. The molecule has 1 fully saturated rings. The molecule has 1 aliphatic heterocycles. The SMILES string of the molecule is Cn1cnnc1C1CCCN1S(=O)(=O)Cc1ccc(F)cc1. The minimum Gasteiger partial charge on any atom is -0.319 e. The van der Waals surface area contributed by atoms with Crippen LogP contribution in [0.15, 0.2) is 30.6 Å². The van der Waals surface area contributed by atoms with Crippen molar-refractivity contribution in [3.05, 3.63) is 47.8 Å². The number of halogens is 1. The zero-order valence-electron chi connectivity index (χ0n) is 12.2. The molecule has 118 valence electrons. The number of benzene rings is 1. The standard InChI is InChI=1S/C14H17FN4O2S/c1-18-10-16-17-14(18)13-3-2-8-19(13)22(20,21)9-11-4-6-12(15)7-5-11/h4-7,10,13H,2-3,8-9H2,1H3. The smallest absolute Gasteiger partial charge is 0.218 e. The Morgan fingerprint density at radius 2 is 2.05 bits per heavy atom. The van der Waals surface area contributed by atoms with Crippen molar-refractivity contribution in [1.82, 2.24) is 19.1 Å². The highest BCUT2D eigenvalue weighted by Crippen LogP contribution is 2.33. The van der Waals surface area contributed by atoms with Crippen LogP contribution >= 0.6 is 0 Å². The fourth-order valence-electron chi connectivity index (χ4n) is 2.80. The summed E-state index contributed by atoms with van der Waals surface area (Å²) in [6.45, 7) is 0.473. The molecule has 0 bridgehead atoms. The van der Waals surface area contributed by atoms with Crippen LogP contribution < -0.4 is 0 Å². The van der Waals surface area contributed by atoms with E-state index in [0.717, 1.165) is 12.8 Å². The predicted molar refractivity (Wildman–Crippen MR) is 78.7 cm³/mol. The average molecular weight is 324 g/mol. The maximum absolute atomic E-state index is 12.9. The van der Waals surface area contributed by atoms with E-state index >= 15 is 0 Å². The van der Waals surface area contributed by atoms with Gasteiger partial charge in [-0.3, -0.25) is 0 Å². The Bertz CT molecular complexity index is 757. The van der Waals surface area contributed by atoms with Gasteiger partial charge in [0.25, 0.3) is 0 Å². The van der Waals surface area contributed by atoms with Gasteiger partial charge < -0.3 is 4.57 Å². The highest BCUT2D eigenvalue weighted by Gasteiger charge is 2.37. The molecule has 0 amide bonds. The monoisotopic (exact) mass is 324 g/mol. The number of aryl methyl sites for hydroxylation is 1. The van der Waals surface area contributed by atoms with E-state index in [0.29, 0.717) is 17.9 Å². The van der Waals surface area contributed by atoms with Crippen molar-refractivity contribution in [2.75, 3.05) is 6.54 Å². The number of aromatic nitrogens is 3. The Kier molecular flexibility index (Phi) is 3.96. The number of hydrogen-bond donors (Lipinski definition) is 0. The lowest BCUT2D eigenvalue weighted by atomic mass is 10.2. The van der Waals surface area contributed by atoms with Gasteiger partial charge in [-0.25, -0.2) is 12.8 Å². The van der Waals surface area contributed by atoms with E-state index in [2.05, 4.69) is 10.2 Å². The molecule has 1 saturated heterocycles. The first-order valence-electron chi connectivity index (χ1n) is 7.05. The van der Waals surface area contributed by atoms with E-state index in [4.69, 9.17) is 0 Å². The van der Waals surface area contributed by atoms with Gasteiger partial charge in [-0.1, -0.05) is 12.1 Å². The second-order valence-corrected chi connectivity index (χ2v) is 7.37. The third-order valence-electron chi connectivity index (χ3n) is 3.87. The molecule has 1 aromatic carbocycles. The first-order chi connectivity index (χ1) is 10.5. The molecule has 0 spiro atoms. The van der Waals surface area contributed by atoms with E-state index < -0.39 is 10.0 Å². The summed E-state index contributed by atoms with van der Waals surface area (Å²) in [5, 5.41) is 7.86. The van der Waals surface area contributed by atoms with Gasteiger partial charge in [-0.05, 0) is 30.5 Å². The molecule has 1 unspecified atom stereocenters. The van der Waals surface area contributed by atoms with Gasteiger partial charge in [0.2, 0.25) is 10.0 Å². The van der Waals surface area contributed by atoms with Crippen LogP contribution in [0.5, 0.6) is 0 Å². The Morgan fingerprint density at radius 3 is 2.68 bits per heavy atom. The average Bonchev–Trinajstić information content (AvgIpc) is 3.09. The first-order valence-corrected chi connectivity index (χ1v) is 8.66. The largest absolute Gasteiger partial charge is 0.319 e. The maximum Gasteiger partial charge on any atom is 0.218 e. The Labute approximate surface area is 128 Å². The van der Waals surface area contributed by atoms with Gasteiger partial charge >= 0.3 is 0 Å². The van der Waals surface area contributed by atoms with Crippen LogP contribution in [0.1, 0.15) is 30.3 Å². The van der Waals surface area contributed by atoms with Gasteiger partial charge in [0.1, 0.15) is 12.1 Å². The second kappa shape index (κ2) is 5.77. The molecular weight excluding hydrogens is 307 g/mol. The lowest BCUT2D eigenvalue weighted by molar-refractivity contribution is 0.376. The van der Waals surface area contributed by atoms with E-state index in [-0.39, 0.29) is 17.6 Å². The normalized spacial score (nSPS) is 19.6. The van der Waals surface area contributed by atoms with Crippen molar-refractivity contribution < 1.29 is 12.8 Å². The van der Waals surface area contributed by atoms with Crippen molar-refractivity contribution in [1.29, 1.82) is 0 Å². The lowest BCUT2D eigenvalue weighted by Gasteiger charge is -2.23. The molecule has 1 aromatic heterocycles. The van der Waals surface area contributed by atoms with Crippen LogP contribution in [-0.4, -0.2) is 34.0 Å². The van der Waals surface area contributed by atoms with Gasteiger partial charge in [-0.2, -0.15) is 4.31 Å². The van der Waals surface area contributed by atoms with Gasteiger partial charge in [0.05, 0.1) is 11.8 Å². The highest BCUT2D eigenvalue weighted by molar-refractivity contribution is 7.88. The molecule has 3 rings (SSSR count). The van der Waals surface area contributed by atoms with Crippen molar-refractivity contribution in [3.63, 3.8) is 0 Å². The quantitative estimate of drug-likeness (QED) is 0.857. The summed E-state index contributed by atoms with van der Waals surface area (Å²) < 4.78 is 41.5. The molecular formula is C14H17FN4O2S. The summed E-state index contributed by atoms with van der Waals surface area (Å²) in [4.78, 5) is 0. The number of hydrogen-bond acceptors (Lipinski definition) is 4. The third-order valence-corrected chi connectivity index (χ3v) is 5.72. The lowest BCUT2D eigenvalue weighted by Crippen LogP contribution is -2.32. The van der Waals surface area contributed by atoms with Crippen LogP contribution in [0, 0.1) is 5.82 Å². The Hall–Kier alpha value is -1.80. The number of rotatable bonds is 4. The fourth-order valence-corrected chi connectivity index (χ4v) is 4.57. The zero-order valence-corrected chi connectivity index (χ0v) is 13.0. The van der Waals surface area contributed by atoms with Crippen molar-refractivity contribution in [2.45, 2.75) is 24.6 Å². The molecule has 2 aromatic rings. The molecule has 22 heavy (non-hydrogen) atoms. The summed E-state index contributed by atoms with van der Waals surface area (Å²) in [5.41, 5.74) is 0.574. The summed E-state index contributed by atoms with van der Waals surface area (Å²) >= 11 is 0. The molecule has 1 atom stereocenters. The predicted octanol–water partition coefficient (Wildman–Crippen LogP) is 1.62. The van der Waals surface area contributed by atoms with E-state index in [1.54, 1.807) is 17.9 Å². The molecule has 6 nitrogen and oxygen atoms in total. The number of sulfonamides is 1. The van der Waals surface area contributed by atoms with Crippen LogP contribution in [0.25, 0.3) is 0 Å². The topological polar surface area (TPSA) is 68.1 Å². The summed E-state index contributed by atoms with van der Waals surface area (Å²) in [7, 11) is -1.68. The Morgan fingerprint density at radius 1 is 1.32 bits per heavy atom. The van der Waals surface area contributed by atoms with Crippen LogP contribution in [-0.2, 0) is 22.8 Å². The molecule has 0 N–H and O–H groups in total. The van der Waals surface area contributed by atoms with E-state index in [9.17, 15) is 12.8 Å². The van der Waals surface area contributed by atoms with Crippen LogP contribution in [0.3, 0.4) is 0 Å². The van der Waals surface area contributed by atoms with Gasteiger partial charge in [-0.15, -0.1) is 10.2 Å². The molecule has 0 aliphatic carbocycles. The van der Waals surface area contributed by atoms with Gasteiger partial charge in [0, 0.05) is 13.6 Å². The molecule has 0 radical (unpaired) electrons. The minimum atomic E-state index is -3.49. The van der Waals surface area contributed by atoms with E-state index in [1.807, 2.05) is 0 Å². The Balaban J connectivity index is 1.84. The van der Waals surface area contributed by atoms with Crippen molar-refractivity contribution >= 4 is 10.0 Å². The fraction of sp³-hybridized carbons (Fsp3) is 0.429. The minimum absolute atomic E-state index is 0.137. The van der Waals surface area contributed by atoms with Crippen molar-refractivity contribution in [2.24, 2.45) is 7.05 Å². The van der Waals surface area contributed by atoms with Gasteiger partial charge in [0.15, 0.2) is 5.82 Å². The molecule has 2 heterocycles. The summed E-state index contributed by atoms with van der Waals surface area (Å²) in [6.07, 6.45) is 3.09. The van der Waals surface area contributed by atoms with Crippen LogP contribution in [0.4, 0.5) is 4.39 Å². The first kappa shape index (κ1) is 15.1. The second-order valence-electron chi connectivity index (χ2n) is 5.45. The molecule has 8 heteroatoms. The molecule has 1 aliphatic rings. The van der Waals surface area contributed by atoms with Crippen molar-refractivity contribution in [3.8, 4) is 0 Å².